The van der Waals surface area contributed by atoms with Gasteiger partial charge >= 0.3 is 0 Å². The molecule has 0 aromatic heterocycles. The van der Waals surface area contributed by atoms with Crippen LogP contribution in [0.2, 0.25) is 0 Å². The maximum Gasteiger partial charge on any atom is 0.235 e. The highest BCUT2D eigenvalue weighted by Crippen LogP contribution is 2.30. The van der Waals surface area contributed by atoms with E-state index in [1.54, 1.807) is 44.6 Å². The first-order valence-corrected chi connectivity index (χ1v) is 10.6. The van der Waals surface area contributed by atoms with Crippen LogP contribution in [0.25, 0.3) is 0 Å². The van der Waals surface area contributed by atoms with E-state index in [-0.39, 0.29) is 18.1 Å². The van der Waals surface area contributed by atoms with Gasteiger partial charge in [-0.05, 0) is 48.7 Å². The topological polar surface area (TPSA) is 84.9 Å². The fraction of sp³-hybridized carbons (Fsp3) is 0.350. The number of hydrogen-bond donors (Lipinski definition) is 1. The molecule has 7 nitrogen and oxygen atoms in total. The maximum absolute atomic E-state index is 12.5. The molecule has 0 aliphatic carbocycles. The van der Waals surface area contributed by atoms with Crippen LogP contribution in [0.5, 0.6) is 11.5 Å². The second-order valence-corrected chi connectivity index (χ2v) is 8.67. The number of nitrogens with zero attached hydrogens (tertiary/aromatic N) is 1. The molecule has 0 bridgehead atoms. The number of sulfonamides is 1. The van der Waals surface area contributed by atoms with E-state index in [0.29, 0.717) is 35.8 Å². The van der Waals surface area contributed by atoms with Crippen molar-refractivity contribution in [1.29, 1.82) is 0 Å². The summed E-state index contributed by atoms with van der Waals surface area (Å²) in [4.78, 5) is 12.5. The Morgan fingerprint density at radius 2 is 1.86 bits per heavy atom. The number of hydrogen-bond acceptors (Lipinski definition) is 5. The zero-order valence-corrected chi connectivity index (χ0v) is 17.0. The van der Waals surface area contributed by atoms with Gasteiger partial charge in [-0.2, -0.15) is 0 Å². The number of amides is 1. The number of aryl methyl sites for hydroxylation is 1. The van der Waals surface area contributed by atoms with Crippen molar-refractivity contribution in [3.8, 4) is 11.5 Å². The van der Waals surface area contributed by atoms with Crippen molar-refractivity contribution in [3.05, 3.63) is 47.5 Å². The third-order valence-corrected chi connectivity index (χ3v) is 6.56. The molecule has 1 saturated heterocycles. The van der Waals surface area contributed by atoms with Crippen LogP contribution >= 0.6 is 0 Å². The minimum absolute atomic E-state index is 0.155. The van der Waals surface area contributed by atoms with Gasteiger partial charge in [-0.1, -0.05) is 12.1 Å². The number of methoxy groups -OCH3 is 2. The molecule has 2 aromatic rings. The molecule has 0 spiro atoms. The Hall–Kier alpha value is -2.74. The van der Waals surface area contributed by atoms with Crippen molar-refractivity contribution in [2.45, 2.75) is 19.8 Å². The van der Waals surface area contributed by atoms with Gasteiger partial charge in [0.05, 0.1) is 32.1 Å². The van der Waals surface area contributed by atoms with Crippen molar-refractivity contribution in [1.82, 2.24) is 0 Å². The first-order valence-electron chi connectivity index (χ1n) is 8.96. The van der Waals surface area contributed by atoms with Crippen molar-refractivity contribution in [2.24, 2.45) is 0 Å². The van der Waals surface area contributed by atoms with E-state index in [1.807, 2.05) is 13.0 Å². The van der Waals surface area contributed by atoms with E-state index in [4.69, 9.17) is 9.47 Å². The molecule has 1 aliphatic heterocycles. The molecule has 150 valence electrons. The van der Waals surface area contributed by atoms with Gasteiger partial charge in [-0.25, -0.2) is 8.42 Å². The lowest BCUT2D eigenvalue weighted by Crippen LogP contribution is -2.25. The minimum atomic E-state index is -3.27. The fourth-order valence-corrected chi connectivity index (χ4v) is 4.76. The number of carbonyl (C=O) groups is 1. The highest BCUT2D eigenvalue weighted by atomic mass is 32.2. The number of anilines is 2. The van der Waals surface area contributed by atoms with Crippen LogP contribution in [-0.2, 0) is 21.2 Å². The van der Waals surface area contributed by atoms with Gasteiger partial charge in [0.15, 0.2) is 11.5 Å². The van der Waals surface area contributed by atoms with Crippen molar-refractivity contribution in [3.63, 3.8) is 0 Å². The number of carbonyl (C=O) groups excluding carboxylic acids is 1. The minimum Gasteiger partial charge on any atom is -0.493 e. The van der Waals surface area contributed by atoms with Gasteiger partial charge in [0.2, 0.25) is 15.9 Å². The molecule has 0 radical (unpaired) electrons. The van der Waals surface area contributed by atoms with Gasteiger partial charge in [-0.15, -0.1) is 0 Å². The lowest BCUT2D eigenvalue weighted by molar-refractivity contribution is -0.115. The summed E-state index contributed by atoms with van der Waals surface area (Å²) in [5.74, 6) is 1.12. The summed E-state index contributed by atoms with van der Waals surface area (Å²) in [5, 5.41) is 2.88. The van der Waals surface area contributed by atoms with E-state index in [2.05, 4.69) is 5.32 Å². The summed E-state index contributed by atoms with van der Waals surface area (Å²) < 4.78 is 36.2. The molecule has 8 heteroatoms. The molecule has 1 amide bonds. The number of ether oxygens (including phenoxy) is 2. The summed E-state index contributed by atoms with van der Waals surface area (Å²) in [5.41, 5.74) is 2.82. The summed E-state index contributed by atoms with van der Waals surface area (Å²) in [6.45, 7) is 2.33. The normalized spacial score (nSPS) is 15.3. The van der Waals surface area contributed by atoms with Gasteiger partial charge < -0.3 is 14.8 Å². The van der Waals surface area contributed by atoms with Crippen LogP contribution in [0.15, 0.2) is 36.4 Å². The molecule has 1 N–H and O–H groups in total. The quantitative estimate of drug-likeness (QED) is 0.800. The van der Waals surface area contributed by atoms with Gasteiger partial charge in [0.1, 0.15) is 0 Å². The lowest BCUT2D eigenvalue weighted by Gasteiger charge is -2.19. The fourth-order valence-electron chi connectivity index (χ4n) is 3.20. The highest BCUT2D eigenvalue weighted by Gasteiger charge is 2.28. The first-order chi connectivity index (χ1) is 13.3. The third kappa shape index (κ3) is 4.22. The summed E-state index contributed by atoms with van der Waals surface area (Å²) in [7, 11) is -0.165. The SMILES string of the molecule is COc1ccc(CC(=O)Nc2cc(N3CCCS3(=O)=O)ccc2C)cc1OC. The Balaban J connectivity index is 1.76. The Bertz CT molecular complexity index is 988. The Morgan fingerprint density at radius 3 is 2.50 bits per heavy atom. The summed E-state index contributed by atoms with van der Waals surface area (Å²) >= 11 is 0. The van der Waals surface area contributed by atoms with E-state index in [9.17, 15) is 13.2 Å². The molecule has 1 heterocycles. The predicted molar refractivity (Wildman–Crippen MR) is 109 cm³/mol. The predicted octanol–water partition coefficient (Wildman–Crippen LogP) is 2.73. The monoisotopic (exact) mass is 404 g/mol. The van der Waals surface area contributed by atoms with Crippen LogP contribution in [0.1, 0.15) is 17.5 Å². The molecule has 1 fully saturated rings. The largest absolute Gasteiger partial charge is 0.493 e. The molecular weight excluding hydrogens is 380 g/mol. The Labute approximate surface area is 165 Å². The van der Waals surface area contributed by atoms with Gasteiger partial charge in [-0.3, -0.25) is 9.10 Å². The standard InChI is InChI=1S/C20H24N2O5S/c1-14-5-7-16(22-9-4-10-28(22,24)25)13-17(14)21-20(23)12-15-6-8-18(26-2)19(11-15)27-3/h5-8,11,13H,4,9-10,12H2,1-3H3,(H,21,23). The summed E-state index contributed by atoms with van der Waals surface area (Å²) in [6.07, 6.45) is 0.767. The van der Waals surface area contributed by atoms with Crippen LogP contribution in [0, 0.1) is 6.92 Å². The molecular formula is C20H24N2O5S. The van der Waals surface area contributed by atoms with Crippen molar-refractivity contribution < 1.29 is 22.7 Å². The van der Waals surface area contributed by atoms with E-state index in [1.165, 1.54) is 4.31 Å². The van der Waals surface area contributed by atoms with Crippen molar-refractivity contribution >= 4 is 27.3 Å². The molecule has 3 rings (SSSR count). The zero-order chi connectivity index (χ0) is 20.3. The smallest absolute Gasteiger partial charge is 0.235 e. The van der Waals surface area contributed by atoms with Crippen molar-refractivity contribution in [2.75, 3.05) is 36.1 Å². The molecule has 0 unspecified atom stereocenters. The van der Waals surface area contributed by atoms with Gasteiger partial charge in [0.25, 0.3) is 0 Å². The van der Waals surface area contributed by atoms with Crippen LogP contribution < -0.4 is 19.1 Å². The average Bonchev–Trinajstić information content (AvgIpc) is 3.02. The number of nitrogens with one attached hydrogen (secondary N) is 1. The summed E-state index contributed by atoms with van der Waals surface area (Å²) in [6, 6.07) is 10.6. The second-order valence-electron chi connectivity index (χ2n) is 6.66. The Kier molecular flexibility index (Phi) is 5.79. The number of benzene rings is 2. The lowest BCUT2D eigenvalue weighted by atomic mass is 10.1. The van der Waals surface area contributed by atoms with E-state index >= 15 is 0 Å². The van der Waals surface area contributed by atoms with Gasteiger partial charge in [0, 0.05) is 12.2 Å². The molecule has 1 aliphatic rings. The van der Waals surface area contributed by atoms with E-state index in [0.717, 1.165) is 11.1 Å². The van der Waals surface area contributed by atoms with Crippen LogP contribution in [0.4, 0.5) is 11.4 Å². The average molecular weight is 404 g/mol. The molecule has 0 atom stereocenters. The Morgan fingerprint density at radius 1 is 1.11 bits per heavy atom. The van der Waals surface area contributed by atoms with Crippen LogP contribution in [-0.4, -0.2) is 40.8 Å². The van der Waals surface area contributed by atoms with E-state index < -0.39 is 10.0 Å². The number of rotatable bonds is 6. The molecule has 28 heavy (non-hydrogen) atoms. The van der Waals surface area contributed by atoms with Crippen LogP contribution in [0.3, 0.4) is 0 Å². The maximum atomic E-state index is 12.5. The zero-order valence-electron chi connectivity index (χ0n) is 16.2. The molecule has 0 saturated carbocycles. The third-order valence-electron chi connectivity index (χ3n) is 4.70. The second kappa shape index (κ2) is 8.10. The molecule has 2 aromatic carbocycles. The highest BCUT2D eigenvalue weighted by molar-refractivity contribution is 7.93. The first kappa shape index (κ1) is 20.0.